The van der Waals surface area contributed by atoms with Crippen LogP contribution in [0.5, 0.6) is 5.75 Å². The lowest BCUT2D eigenvalue weighted by atomic mass is 10.0. The van der Waals surface area contributed by atoms with Crippen LogP contribution in [0.3, 0.4) is 0 Å². The van der Waals surface area contributed by atoms with Gasteiger partial charge in [-0.05, 0) is 75.2 Å². The molecule has 0 unspecified atom stereocenters. The van der Waals surface area contributed by atoms with Crippen molar-refractivity contribution in [1.29, 1.82) is 5.41 Å². The van der Waals surface area contributed by atoms with Gasteiger partial charge >= 0.3 is 0 Å². The van der Waals surface area contributed by atoms with Crippen LogP contribution >= 0.6 is 11.6 Å². The Morgan fingerprint density at radius 3 is 2.00 bits per heavy atom. The number of rotatable bonds is 10. The summed E-state index contributed by atoms with van der Waals surface area (Å²) in [5.74, 6) is 0.0840. The summed E-state index contributed by atoms with van der Waals surface area (Å²) >= 11 is 5.86. The molecule has 0 aromatic heterocycles. The third kappa shape index (κ3) is 7.08. The van der Waals surface area contributed by atoms with E-state index in [1.54, 1.807) is 62.4 Å². The Labute approximate surface area is 181 Å². The van der Waals surface area contributed by atoms with Gasteiger partial charge in [0.05, 0.1) is 0 Å². The zero-order chi connectivity index (χ0) is 22.1. The number of hydrogen-bond acceptors (Lipinski definition) is 4. The highest BCUT2D eigenvalue weighted by Crippen LogP contribution is 2.21. The first-order valence-corrected chi connectivity index (χ1v) is 10.0. The lowest BCUT2D eigenvalue weighted by molar-refractivity contribution is -0.134. The number of ketones is 1. The van der Waals surface area contributed by atoms with Gasteiger partial charge in [-0.15, -0.1) is 0 Å². The van der Waals surface area contributed by atoms with E-state index in [0.29, 0.717) is 35.0 Å². The summed E-state index contributed by atoms with van der Waals surface area (Å²) in [6, 6.07) is 13.4. The molecule has 2 aromatic carbocycles. The van der Waals surface area contributed by atoms with Gasteiger partial charge in [0.25, 0.3) is 5.91 Å². The summed E-state index contributed by atoms with van der Waals surface area (Å²) < 4.78 is 5.83. The molecule has 0 aliphatic carbocycles. The van der Waals surface area contributed by atoms with Crippen molar-refractivity contribution in [2.75, 3.05) is 13.1 Å². The summed E-state index contributed by atoms with van der Waals surface area (Å²) in [4.78, 5) is 24.9. The van der Waals surface area contributed by atoms with E-state index in [2.05, 4.69) is 10.6 Å². The molecule has 1 amide bonds. The number of amides is 1. The molecule has 2 aromatic rings. The summed E-state index contributed by atoms with van der Waals surface area (Å²) in [5, 5.41) is 13.2. The van der Waals surface area contributed by atoms with Crippen molar-refractivity contribution in [3.05, 3.63) is 64.7 Å². The third-order valence-electron chi connectivity index (χ3n) is 4.35. The number of guanidine groups is 1. The maximum Gasteiger partial charge on any atom is 0.263 e. The molecule has 0 spiro atoms. The number of hydrogen-bond donors (Lipinski definition) is 4. The topological polar surface area (TPSA) is 117 Å². The molecule has 160 valence electrons. The minimum absolute atomic E-state index is 0.0607. The maximum atomic E-state index is 12.5. The van der Waals surface area contributed by atoms with Crippen molar-refractivity contribution in [2.24, 2.45) is 5.73 Å². The minimum atomic E-state index is -1.07. The highest BCUT2D eigenvalue weighted by atomic mass is 35.5. The first-order valence-electron chi connectivity index (χ1n) is 9.64. The fraction of sp³-hybridized carbons (Fsp3) is 0.318. The monoisotopic (exact) mass is 430 g/mol. The molecule has 0 aliphatic rings. The van der Waals surface area contributed by atoms with E-state index < -0.39 is 5.60 Å². The maximum absolute atomic E-state index is 12.5. The molecule has 0 fully saturated rings. The van der Waals surface area contributed by atoms with Crippen molar-refractivity contribution in [1.82, 2.24) is 10.6 Å². The van der Waals surface area contributed by atoms with Gasteiger partial charge in [0.2, 0.25) is 0 Å². The van der Waals surface area contributed by atoms with Crippen LogP contribution in [0.1, 0.15) is 42.6 Å². The zero-order valence-electron chi connectivity index (χ0n) is 17.1. The van der Waals surface area contributed by atoms with Crippen molar-refractivity contribution in [3.63, 3.8) is 0 Å². The molecule has 0 saturated carbocycles. The third-order valence-corrected chi connectivity index (χ3v) is 4.60. The number of ether oxygens (including phenoxy) is 1. The van der Waals surface area contributed by atoms with Crippen LogP contribution in [-0.4, -0.2) is 36.3 Å². The molecule has 0 bridgehead atoms. The molecule has 0 atom stereocenters. The van der Waals surface area contributed by atoms with Crippen molar-refractivity contribution in [3.8, 4) is 5.75 Å². The molecule has 7 nitrogen and oxygen atoms in total. The lowest BCUT2D eigenvalue weighted by Gasteiger charge is -2.25. The Balaban J connectivity index is 1.87. The average Bonchev–Trinajstić information content (AvgIpc) is 2.70. The molecule has 0 aliphatic heterocycles. The zero-order valence-corrected chi connectivity index (χ0v) is 17.9. The highest BCUT2D eigenvalue weighted by molar-refractivity contribution is 6.30. The Hall–Kier alpha value is -3.06. The van der Waals surface area contributed by atoms with Crippen LogP contribution in [0.2, 0.25) is 5.02 Å². The second kappa shape index (κ2) is 10.6. The SMILES string of the molecule is CC(C)(Oc1ccc(C(=O)c2ccc(Cl)cc2)cc1)C(=O)NCCCCNC(=N)N. The molecular formula is C22H27ClN4O3. The predicted octanol–water partition coefficient (Wildman–Crippen LogP) is 3.11. The van der Waals surface area contributed by atoms with E-state index in [1.165, 1.54) is 0 Å². The lowest BCUT2D eigenvalue weighted by Crippen LogP contribution is -2.46. The molecular weight excluding hydrogens is 404 g/mol. The minimum Gasteiger partial charge on any atom is -0.478 e. The summed E-state index contributed by atoms with van der Waals surface area (Å²) in [5.41, 5.74) is 5.21. The second-order valence-electron chi connectivity index (χ2n) is 7.28. The molecule has 2 rings (SSSR count). The van der Waals surface area contributed by atoms with E-state index in [-0.39, 0.29) is 17.6 Å². The largest absolute Gasteiger partial charge is 0.478 e. The van der Waals surface area contributed by atoms with Crippen LogP contribution in [0, 0.1) is 5.41 Å². The Bertz CT molecular complexity index is 880. The number of unbranched alkanes of at least 4 members (excludes halogenated alkanes) is 1. The van der Waals surface area contributed by atoms with Gasteiger partial charge in [-0.25, -0.2) is 0 Å². The number of nitrogens with two attached hydrogens (primary N) is 1. The Morgan fingerprint density at radius 2 is 1.47 bits per heavy atom. The number of benzene rings is 2. The second-order valence-corrected chi connectivity index (χ2v) is 7.71. The normalized spacial score (nSPS) is 10.9. The van der Waals surface area contributed by atoms with E-state index in [9.17, 15) is 9.59 Å². The number of carbonyl (C=O) groups is 2. The van der Waals surface area contributed by atoms with Crippen LogP contribution in [0.25, 0.3) is 0 Å². The van der Waals surface area contributed by atoms with E-state index >= 15 is 0 Å². The smallest absolute Gasteiger partial charge is 0.263 e. The fourth-order valence-electron chi connectivity index (χ4n) is 2.67. The van der Waals surface area contributed by atoms with E-state index in [4.69, 9.17) is 27.5 Å². The number of carbonyl (C=O) groups excluding carboxylic acids is 2. The van der Waals surface area contributed by atoms with E-state index in [1.807, 2.05) is 0 Å². The molecule has 8 heteroatoms. The standard InChI is InChI=1S/C22H27ClN4O3/c1-22(2,20(29)26-13-3-4-14-27-21(24)25)30-18-11-7-16(8-12-18)19(28)15-5-9-17(23)10-6-15/h5-12H,3-4,13-14H2,1-2H3,(H,26,29)(H4,24,25,27). The van der Waals surface area contributed by atoms with Crippen LogP contribution in [0.15, 0.2) is 48.5 Å². The molecule has 30 heavy (non-hydrogen) atoms. The summed E-state index contributed by atoms with van der Waals surface area (Å²) in [6.07, 6.45) is 1.54. The van der Waals surface area contributed by atoms with Crippen molar-refractivity contribution >= 4 is 29.3 Å². The van der Waals surface area contributed by atoms with Crippen LogP contribution in [0.4, 0.5) is 0 Å². The number of halogens is 1. The predicted molar refractivity (Wildman–Crippen MR) is 118 cm³/mol. The van der Waals surface area contributed by atoms with Gasteiger partial charge in [0, 0.05) is 29.2 Å². The van der Waals surface area contributed by atoms with E-state index in [0.717, 1.165) is 12.8 Å². The Morgan fingerprint density at radius 1 is 0.967 bits per heavy atom. The quantitative estimate of drug-likeness (QED) is 0.200. The van der Waals surface area contributed by atoms with Gasteiger partial charge in [-0.2, -0.15) is 0 Å². The van der Waals surface area contributed by atoms with Crippen molar-refractivity contribution < 1.29 is 14.3 Å². The first kappa shape index (κ1) is 23.2. The van der Waals surface area contributed by atoms with Gasteiger partial charge in [-0.3, -0.25) is 15.0 Å². The van der Waals surface area contributed by atoms with Gasteiger partial charge in [0.15, 0.2) is 17.3 Å². The summed E-state index contributed by atoms with van der Waals surface area (Å²) in [6.45, 7) is 4.46. The van der Waals surface area contributed by atoms with Gasteiger partial charge < -0.3 is 21.1 Å². The van der Waals surface area contributed by atoms with Crippen molar-refractivity contribution in [2.45, 2.75) is 32.3 Å². The highest BCUT2D eigenvalue weighted by Gasteiger charge is 2.29. The molecule has 0 radical (unpaired) electrons. The first-order chi connectivity index (χ1) is 14.2. The average molecular weight is 431 g/mol. The number of nitrogens with one attached hydrogen (secondary N) is 3. The summed E-state index contributed by atoms with van der Waals surface area (Å²) in [7, 11) is 0. The molecule has 0 heterocycles. The van der Waals surface area contributed by atoms with Gasteiger partial charge in [0.1, 0.15) is 5.75 Å². The van der Waals surface area contributed by atoms with Crippen LogP contribution < -0.4 is 21.1 Å². The molecule has 5 N–H and O–H groups in total. The fourth-order valence-corrected chi connectivity index (χ4v) is 2.80. The Kier molecular flexibility index (Phi) is 8.24. The van der Waals surface area contributed by atoms with Crippen LogP contribution in [-0.2, 0) is 4.79 Å². The molecule has 0 saturated heterocycles. The van der Waals surface area contributed by atoms with Gasteiger partial charge in [-0.1, -0.05) is 11.6 Å².